The van der Waals surface area contributed by atoms with Crippen molar-refractivity contribution in [1.82, 2.24) is 0 Å². The first-order valence-electron chi connectivity index (χ1n) is 12.0. The van der Waals surface area contributed by atoms with Crippen LogP contribution in [-0.2, 0) is 12.8 Å². The molecule has 36 heavy (non-hydrogen) atoms. The van der Waals surface area contributed by atoms with Crippen molar-refractivity contribution in [1.29, 1.82) is 0 Å². The van der Waals surface area contributed by atoms with Gasteiger partial charge in [-0.2, -0.15) is 0 Å². The van der Waals surface area contributed by atoms with E-state index in [0.717, 1.165) is 12.1 Å². The third-order valence-electron chi connectivity index (χ3n) is 6.71. The van der Waals surface area contributed by atoms with Crippen LogP contribution < -0.4 is 0 Å². The van der Waals surface area contributed by atoms with Gasteiger partial charge in [0, 0.05) is 12.8 Å². The third-order valence-corrected chi connectivity index (χ3v) is 6.71. The predicted molar refractivity (Wildman–Crippen MR) is 134 cm³/mol. The van der Waals surface area contributed by atoms with E-state index in [1.165, 1.54) is 18.2 Å². The molecule has 200 valence electrons. The Balaban J connectivity index is 2.50. The van der Waals surface area contributed by atoms with Crippen molar-refractivity contribution in [3.05, 3.63) is 82.9 Å². The molecule has 2 aromatic rings. The molecule has 0 aliphatic rings. The van der Waals surface area contributed by atoms with E-state index in [9.17, 15) is 39.4 Å². The van der Waals surface area contributed by atoms with Gasteiger partial charge in [-0.25, -0.2) is 8.78 Å². The van der Waals surface area contributed by atoms with Crippen LogP contribution in [0.3, 0.4) is 0 Å². The average molecular weight is 509 g/mol. The second kappa shape index (κ2) is 11.9. The van der Waals surface area contributed by atoms with E-state index < -0.39 is 60.6 Å². The molecule has 6 N–H and O–H groups in total. The molecule has 0 bridgehead atoms. The molecule has 0 amide bonds. The Morgan fingerprint density at radius 1 is 0.833 bits per heavy atom. The summed E-state index contributed by atoms with van der Waals surface area (Å²) >= 11 is 0. The van der Waals surface area contributed by atoms with Crippen molar-refractivity contribution in [2.24, 2.45) is 0 Å². The van der Waals surface area contributed by atoms with Crippen LogP contribution in [0.25, 0.3) is 0 Å². The average Bonchev–Trinajstić information content (AvgIpc) is 2.81. The molecule has 0 fully saturated rings. The number of aliphatic hydroxyl groups excluding tert-OH is 4. The summed E-state index contributed by atoms with van der Waals surface area (Å²) in [5, 5.41) is 64.3. The lowest BCUT2D eigenvalue weighted by molar-refractivity contribution is -0.218. The molecule has 0 heterocycles. The molecule has 0 radical (unpaired) electrons. The van der Waals surface area contributed by atoms with E-state index >= 15 is 0 Å². The highest BCUT2D eigenvalue weighted by Gasteiger charge is 2.53. The third kappa shape index (κ3) is 6.37. The van der Waals surface area contributed by atoms with E-state index in [1.54, 1.807) is 26.0 Å². The zero-order valence-corrected chi connectivity index (χ0v) is 21.2. The zero-order chi connectivity index (χ0) is 27.4. The maximum atomic E-state index is 14.6. The van der Waals surface area contributed by atoms with Crippen LogP contribution in [0.1, 0.15) is 61.8 Å². The number of hydrogen-bond acceptors (Lipinski definition) is 6. The molecular weight excluding hydrogens is 470 g/mol. The standard InChI is InChI=1S/C28H38F2O6/c1-6-27(35,13-18-7-9-20(16(2)3)22(29)11-18)26(34)28(36,25(33)24(32)15-31)14-19-8-10-21(17(4)5)23(30)12-19/h6-12,16-17,24-26,31-36H,1,13-15H2,2-5H3/t24-,25+,26+,27?,28+/m0/s1. The van der Waals surface area contributed by atoms with E-state index in [-0.39, 0.29) is 23.0 Å². The Labute approximate surface area is 211 Å². The van der Waals surface area contributed by atoms with E-state index in [0.29, 0.717) is 11.1 Å². The highest BCUT2D eigenvalue weighted by Crippen LogP contribution is 2.34. The van der Waals surface area contributed by atoms with Gasteiger partial charge in [-0.3, -0.25) is 0 Å². The molecule has 2 aromatic carbocycles. The maximum Gasteiger partial charge on any atom is 0.126 e. The summed E-state index contributed by atoms with van der Waals surface area (Å²) in [6, 6.07) is 8.47. The number of benzene rings is 2. The fourth-order valence-electron chi connectivity index (χ4n) is 4.46. The smallest absolute Gasteiger partial charge is 0.126 e. The lowest BCUT2D eigenvalue weighted by atomic mass is 9.73. The summed E-state index contributed by atoms with van der Waals surface area (Å²) in [5.41, 5.74) is -3.62. The predicted octanol–water partition coefficient (Wildman–Crippen LogP) is 2.72. The number of aliphatic hydroxyl groups is 6. The minimum Gasteiger partial charge on any atom is -0.394 e. The molecule has 0 spiro atoms. The number of hydrogen-bond donors (Lipinski definition) is 6. The minimum atomic E-state index is -2.66. The van der Waals surface area contributed by atoms with Gasteiger partial charge in [-0.05, 0) is 46.2 Å². The molecule has 0 saturated carbocycles. The minimum absolute atomic E-state index is 0.0781. The van der Waals surface area contributed by atoms with Crippen LogP contribution in [0.5, 0.6) is 0 Å². The fourth-order valence-corrected chi connectivity index (χ4v) is 4.46. The number of rotatable bonds is 12. The van der Waals surface area contributed by atoms with Crippen molar-refractivity contribution >= 4 is 0 Å². The van der Waals surface area contributed by atoms with Gasteiger partial charge < -0.3 is 30.6 Å². The Morgan fingerprint density at radius 2 is 1.28 bits per heavy atom. The van der Waals surface area contributed by atoms with Gasteiger partial charge in [0.15, 0.2) is 0 Å². The van der Waals surface area contributed by atoms with E-state index in [2.05, 4.69) is 6.58 Å². The van der Waals surface area contributed by atoms with Crippen LogP contribution in [0.2, 0.25) is 0 Å². The topological polar surface area (TPSA) is 121 Å². The fraction of sp³-hybridized carbons (Fsp3) is 0.500. The van der Waals surface area contributed by atoms with Crippen molar-refractivity contribution in [3.8, 4) is 0 Å². The molecular formula is C28H38F2O6. The summed E-state index contributed by atoms with van der Waals surface area (Å²) < 4.78 is 29.2. The molecule has 2 rings (SSSR count). The molecule has 0 saturated heterocycles. The Kier molecular flexibility index (Phi) is 9.92. The van der Waals surface area contributed by atoms with Crippen LogP contribution >= 0.6 is 0 Å². The van der Waals surface area contributed by atoms with E-state index in [4.69, 9.17) is 0 Å². The SMILES string of the molecule is C=CC(O)(Cc1ccc(C(C)C)c(F)c1)[C@@H](O)[C@@](O)(Cc1ccc(C(C)C)c(F)c1)[C@H](O)[C@@H](O)CO. The Bertz CT molecular complexity index is 1040. The first kappa shape index (κ1) is 30.0. The van der Waals surface area contributed by atoms with Gasteiger partial charge in [-0.1, -0.05) is 58.0 Å². The van der Waals surface area contributed by atoms with Crippen LogP contribution in [-0.4, -0.2) is 66.8 Å². The molecule has 0 aromatic heterocycles. The van der Waals surface area contributed by atoms with Crippen molar-refractivity contribution in [2.75, 3.05) is 6.61 Å². The first-order valence-corrected chi connectivity index (χ1v) is 12.0. The van der Waals surface area contributed by atoms with Crippen LogP contribution in [0, 0.1) is 11.6 Å². The van der Waals surface area contributed by atoms with Gasteiger partial charge in [0.1, 0.15) is 41.1 Å². The summed E-state index contributed by atoms with van der Waals surface area (Å²) in [4.78, 5) is 0. The molecule has 6 nitrogen and oxygen atoms in total. The van der Waals surface area contributed by atoms with Crippen LogP contribution in [0.15, 0.2) is 49.1 Å². The van der Waals surface area contributed by atoms with Gasteiger partial charge in [-0.15, -0.1) is 6.58 Å². The maximum absolute atomic E-state index is 14.6. The lowest BCUT2D eigenvalue weighted by Crippen LogP contribution is -2.66. The quantitative estimate of drug-likeness (QED) is 0.245. The Morgan fingerprint density at radius 3 is 1.64 bits per heavy atom. The molecule has 1 unspecified atom stereocenters. The first-order chi connectivity index (χ1) is 16.7. The van der Waals surface area contributed by atoms with Gasteiger partial charge in [0.05, 0.1) is 6.61 Å². The molecule has 8 heteroatoms. The summed E-state index contributed by atoms with van der Waals surface area (Å²) in [7, 11) is 0. The summed E-state index contributed by atoms with van der Waals surface area (Å²) in [6.07, 6.45) is -6.23. The summed E-state index contributed by atoms with van der Waals surface area (Å²) in [6.45, 7) is 9.85. The van der Waals surface area contributed by atoms with Crippen molar-refractivity contribution < 1.29 is 39.4 Å². The second-order valence-corrected chi connectivity index (χ2v) is 10.2. The van der Waals surface area contributed by atoms with Crippen molar-refractivity contribution in [2.45, 2.75) is 81.9 Å². The molecule has 0 aliphatic carbocycles. The van der Waals surface area contributed by atoms with E-state index in [1.807, 2.05) is 13.8 Å². The monoisotopic (exact) mass is 508 g/mol. The molecule has 0 aliphatic heterocycles. The van der Waals surface area contributed by atoms with Gasteiger partial charge in [0.2, 0.25) is 0 Å². The highest BCUT2D eigenvalue weighted by atomic mass is 19.1. The largest absolute Gasteiger partial charge is 0.394 e. The van der Waals surface area contributed by atoms with Crippen LogP contribution in [0.4, 0.5) is 8.78 Å². The Hall–Kier alpha value is -2.20. The summed E-state index contributed by atoms with van der Waals surface area (Å²) in [5.74, 6) is -1.25. The van der Waals surface area contributed by atoms with Crippen molar-refractivity contribution in [3.63, 3.8) is 0 Å². The normalized spacial score (nSPS) is 17.9. The highest BCUT2D eigenvalue weighted by molar-refractivity contribution is 5.31. The lowest BCUT2D eigenvalue weighted by Gasteiger charge is -2.45. The zero-order valence-electron chi connectivity index (χ0n) is 21.2. The second-order valence-electron chi connectivity index (χ2n) is 10.2. The molecule has 5 atom stereocenters. The van der Waals surface area contributed by atoms with Gasteiger partial charge in [0.25, 0.3) is 0 Å². The number of halogens is 2. The van der Waals surface area contributed by atoms with Gasteiger partial charge >= 0.3 is 0 Å².